The molecule has 0 spiro atoms. The molecule has 0 atom stereocenters. The van der Waals surface area contributed by atoms with Crippen molar-refractivity contribution in [3.8, 4) is 33.8 Å². The molecule has 4 heterocycles. The summed E-state index contributed by atoms with van der Waals surface area (Å²) in [6.45, 7) is 1.86. The second kappa shape index (κ2) is 10.5. The number of aromatic amines is 2. The number of H-pyrrole nitrogens is 2. The Bertz CT molecular complexity index is 1620. The Labute approximate surface area is 226 Å². The number of unbranched alkanes of at least 4 members (excludes halogenated alkanes) is 1. The molecule has 0 radical (unpaired) electrons. The van der Waals surface area contributed by atoms with Gasteiger partial charge in [0.2, 0.25) is 0 Å². The zero-order chi connectivity index (χ0) is 24.3. The van der Waals surface area contributed by atoms with E-state index in [9.17, 15) is 0 Å². The number of hydrogen-bond acceptors (Lipinski definition) is 5. The van der Waals surface area contributed by atoms with E-state index in [1.165, 1.54) is 28.4 Å². The van der Waals surface area contributed by atoms with Crippen molar-refractivity contribution in [2.75, 3.05) is 11.0 Å². The quantitative estimate of drug-likeness (QED) is 0.0927. The number of hydrogen-bond donors (Lipinski definition) is 3. The summed E-state index contributed by atoms with van der Waals surface area (Å²) >= 11 is 4.12. The molecule has 0 amide bonds. The van der Waals surface area contributed by atoms with Gasteiger partial charge in [-0.3, -0.25) is 10.1 Å². The van der Waals surface area contributed by atoms with Gasteiger partial charge in [0.15, 0.2) is 5.82 Å². The lowest BCUT2D eigenvalue weighted by Gasteiger charge is -2.07. The summed E-state index contributed by atoms with van der Waals surface area (Å²) in [5.74, 6) is 0.763. The van der Waals surface area contributed by atoms with E-state index >= 15 is 0 Å². The van der Waals surface area contributed by atoms with Gasteiger partial charge in [0, 0.05) is 35.5 Å². The van der Waals surface area contributed by atoms with Crippen molar-refractivity contribution in [2.24, 2.45) is 0 Å². The lowest BCUT2D eigenvalue weighted by molar-refractivity contribution is 0.645. The third kappa shape index (κ3) is 4.68. The van der Waals surface area contributed by atoms with Crippen LogP contribution in [0.25, 0.3) is 55.7 Å². The zero-order valence-electron chi connectivity index (χ0n) is 19.6. The molecular weight excluding hydrogens is 579 g/mol. The number of halogens is 1. The number of benzene rings is 2. The first-order valence-electron chi connectivity index (χ1n) is 12.0. The van der Waals surface area contributed by atoms with Crippen molar-refractivity contribution < 1.29 is 0 Å². The predicted molar refractivity (Wildman–Crippen MR) is 158 cm³/mol. The van der Waals surface area contributed by atoms with Crippen LogP contribution in [0.1, 0.15) is 18.4 Å². The number of rotatable bonds is 9. The number of fused-ring (bicyclic) bond motifs is 2. The zero-order valence-corrected chi connectivity index (χ0v) is 22.6. The molecule has 2 aromatic carbocycles. The van der Waals surface area contributed by atoms with Crippen LogP contribution in [0.3, 0.4) is 0 Å². The van der Waals surface area contributed by atoms with Crippen molar-refractivity contribution in [3.05, 3.63) is 77.2 Å². The molecular formula is C28H25IN6S. The molecule has 4 aromatic heterocycles. The minimum absolute atomic E-state index is 0.763. The molecule has 0 saturated carbocycles. The first-order valence-corrected chi connectivity index (χ1v) is 14.5. The number of alkyl halides is 1. The number of para-hydroxylation sites is 1. The maximum Gasteiger partial charge on any atom is 0.159 e. The molecule has 0 bridgehead atoms. The smallest absolute Gasteiger partial charge is 0.159 e. The maximum absolute atomic E-state index is 4.98. The summed E-state index contributed by atoms with van der Waals surface area (Å²) in [5, 5.41) is 16.6. The van der Waals surface area contributed by atoms with E-state index in [4.69, 9.17) is 4.98 Å². The molecule has 0 unspecified atom stereocenters. The van der Waals surface area contributed by atoms with Crippen molar-refractivity contribution in [1.82, 2.24) is 30.5 Å². The van der Waals surface area contributed by atoms with Gasteiger partial charge in [-0.1, -0.05) is 40.8 Å². The summed E-state index contributed by atoms with van der Waals surface area (Å²) in [6.07, 6.45) is 6.32. The topological polar surface area (TPSA) is 82.3 Å². The lowest BCUT2D eigenvalue weighted by atomic mass is 10.0. The molecule has 0 saturated heterocycles. The van der Waals surface area contributed by atoms with E-state index < -0.39 is 0 Å². The second-order valence-electron chi connectivity index (χ2n) is 8.79. The van der Waals surface area contributed by atoms with Gasteiger partial charge >= 0.3 is 0 Å². The van der Waals surface area contributed by atoms with E-state index in [-0.39, 0.29) is 0 Å². The van der Waals surface area contributed by atoms with Gasteiger partial charge in [-0.2, -0.15) is 16.4 Å². The number of imidazole rings is 1. The van der Waals surface area contributed by atoms with Gasteiger partial charge in [0.1, 0.15) is 5.69 Å². The van der Waals surface area contributed by atoms with Crippen LogP contribution in [0.5, 0.6) is 0 Å². The van der Waals surface area contributed by atoms with E-state index in [0.29, 0.717) is 0 Å². The van der Waals surface area contributed by atoms with Gasteiger partial charge in [0.05, 0.1) is 16.6 Å². The third-order valence-corrected chi connectivity index (χ3v) is 7.77. The molecule has 8 heteroatoms. The highest BCUT2D eigenvalue weighted by molar-refractivity contribution is 14.1. The molecule has 3 N–H and O–H groups in total. The maximum atomic E-state index is 4.98. The standard InChI is InChI=1S/C28H25IN6S/c29-9-1-2-10-30-14-18-12-21(16-31-15-18)19-6-7-24-23(13-19)27(35-34-24)28-32-25-5-3-4-22(26(25)33-28)20-8-11-36-17-20/h3-8,11-13,15-17,30H,1-2,9-10,14H2,(H,32,33)(H,34,35). The predicted octanol–water partition coefficient (Wildman–Crippen LogP) is 7.20. The van der Waals surface area contributed by atoms with E-state index in [1.807, 2.05) is 12.4 Å². The van der Waals surface area contributed by atoms with Gasteiger partial charge in [-0.05, 0) is 81.6 Å². The monoisotopic (exact) mass is 604 g/mol. The molecule has 36 heavy (non-hydrogen) atoms. The molecule has 180 valence electrons. The molecule has 6 rings (SSSR count). The Morgan fingerprint density at radius 3 is 2.81 bits per heavy atom. The third-order valence-electron chi connectivity index (χ3n) is 6.33. The van der Waals surface area contributed by atoms with E-state index in [1.54, 1.807) is 11.3 Å². The summed E-state index contributed by atoms with van der Waals surface area (Å²) < 4.78 is 1.21. The number of thiophene rings is 1. The Balaban J connectivity index is 1.33. The average molecular weight is 605 g/mol. The van der Waals surface area contributed by atoms with Crippen LogP contribution in [-0.2, 0) is 6.54 Å². The van der Waals surface area contributed by atoms with Gasteiger partial charge in [0.25, 0.3) is 0 Å². The normalized spacial score (nSPS) is 11.6. The molecule has 0 aliphatic carbocycles. The minimum atomic E-state index is 0.763. The van der Waals surface area contributed by atoms with E-state index in [0.717, 1.165) is 63.2 Å². The summed E-state index contributed by atoms with van der Waals surface area (Å²) in [7, 11) is 0. The summed E-state index contributed by atoms with van der Waals surface area (Å²) in [5.41, 5.74) is 9.47. The summed E-state index contributed by atoms with van der Waals surface area (Å²) in [4.78, 5) is 13.0. The number of aromatic nitrogens is 5. The molecule has 6 nitrogen and oxygen atoms in total. The van der Waals surface area contributed by atoms with E-state index in [2.05, 4.69) is 107 Å². The molecule has 0 aliphatic heterocycles. The fraction of sp³-hybridized carbons (Fsp3) is 0.179. The highest BCUT2D eigenvalue weighted by Crippen LogP contribution is 2.33. The number of nitrogens with zero attached hydrogens (tertiary/aromatic N) is 3. The SMILES string of the molecule is ICCCCNCc1cncc(-c2ccc3[nH]nc(-c4nc5c(-c6ccsc6)cccc5[nH]4)c3c2)c1. The van der Waals surface area contributed by atoms with Crippen molar-refractivity contribution in [3.63, 3.8) is 0 Å². The van der Waals surface area contributed by atoms with Crippen LogP contribution in [0.15, 0.2) is 71.7 Å². The van der Waals surface area contributed by atoms with Gasteiger partial charge in [-0.25, -0.2) is 4.98 Å². The fourth-order valence-corrected chi connectivity index (χ4v) is 5.68. The van der Waals surface area contributed by atoms with Crippen molar-refractivity contribution >= 4 is 55.9 Å². The van der Waals surface area contributed by atoms with Crippen LogP contribution in [0, 0.1) is 0 Å². The number of nitrogens with one attached hydrogen (secondary N) is 3. The average Bonchev–Trinajstić information content (AvgIpc) is 3.67. The first kappa shape index (κ1) is 23.3. The Morgan fingerprint density at radius 2 is 1.92 bits per heavy atom. The van der Waals surface area contributed by atoms with Crippen molar-refractivity contribution in [2.45, 2.75) is 19.4 Å². The minimum Gasteiger partial charge on any atom is -0.337 e. The lowest BCUT2D eigenvalue weighted by Crippen LogP contribution is -2.14. The highest BCUT2D eigenvalue weighted by Gasteiger charge is 2.16. The first-order chi connectivity index (χ1) is 17.8. The van der Waals surface area contributed by atoms with Crippen LogP contribution in [0.4, 0.5) is 0 Å². The molecule has 0 aliphatic rings. The van der Waals surface area contributed by atoms with Crippen LogP contribution in [-0.4, -0.2) is 36.1 Å². The van der Waals surface area contributed by atoms with Crippen LogP contribution < -0.4 is 5.32 Å². The molecule has 6 aromatic rings. The second-order valence-corrected chi connectivity index (χ2v) is 10.6. The fourth-order valence-electron chi connectivity index (χ4n) is 4.49. The van der Waals surface area contributed by atoms with Crippen LogP contribution in [0.2, 0.25) is 0 Å². The highest BCUT2D eigenvalue weighted by atomic mass is 127. The Kier molecular flexibility index (Phi) is 6.80. The molecule has 0 fully saturated rings. The number of pyridine rings is 1. The van der Waals surface area contributed by atoms with Gasteiger partial charge < -0.3 is 10.3 Å². The Hall–Kier alpha value is -3.08. The van der Waals surface area contributed by atoms with Crippen LogP contribution >= 0.6 is 33.9 Å². The summed E-state index contributed by atoms with van der Waals surface area (Å²) in [6, 6.07) is 17.0. The van der Waals surface area contributed by atoms with Crippen molar-refractivity contribution in [1.29, 1.82) is 0 Å². The van der Waals surface area contributed by atoms with Gasteiger partial charge in [-0.15, -0.1) is 0 Å². The largest absolute Gasteiger partial charge is 0.337 e. The Morgan fingerprint density at radius 1 is 0.944 bits per heavy atom.